The van der Waals surface area contributed by atoms with Crippen molar-refractivity contribution < 1.29 is 9.47 Å². The van der Waals surface area contributed by atoms with Gasteiger partial charge in [0.1, 0.15) is 0 Å². The Morgan fingerprint density at radius 2 is 1.75 bits per heavy atom. The van der Waals surface area contributed by atoms with E-state index in [2.05, 4.69) is 26.1 Å². The first-order valence-electron chi connectivity index (χ1n) is 5.61. The maximum atomic E-state index is 5.28. The summed E-state index contributed by atoms with van der Waals surface area (Å²) in [7, 11) is 3.30. The number of anilines is 1. The van der Waals surface area contributed by atoms with E-state index in [1.807, 2.05) is 12.1 Å². The Hall–Kier alpha value is -1.38. The molecular formula is C13H21NO2. The predicted octanol–water partition coefficient (Wildman–Crippen LogP) is 3.22. The van der Waals surface area contributed by atoms with Crippen molar-refractivity contribution >= 4 is 5.69 Å². The fraction of sp³-hybridized carbons (Fsp3) is 0.538. The smallest absolute Gasteiger partial charge is 0.162 e. The monoisotopic (exact) mass is 223 g/mol. The normalized spacial score (nSPS) is 12.1. The van der Waals surface area contributed by atoms with Crippen LogP contribution in [-0.4, -0.2) is 20.3 Å². The third-order valence-corrected chi connectivity index (χ3v) is 2.74. The molecule has 1 unspecified atom stereocenters. The van der Waals surface area contributed by atoms with E-state index in [4.69, 9.17) is 9.47 Å². The molecule has 1 rings (SSSR count). The predicted molar refractivity (Wildman–Crippen MR) is 67.7 cm³/mol. The molecule has 0 fully saturated rings. The maximum Gasteiger partial charge on any atom is 0.162 e. The molecule has 1 N–H and O–H groups in total. The lowest BCUT2D eigenvalue weighted by molar-refractivity contribution is 0.355. The van der Waals surface area contributed by atoms with Crippen LogP contribution in [0.2, 0.25) is 0 Å². The second kappa shape index (κ2) is 5.64. The zero-order chi connectivity index (χ0) is 12.1. The molecule has 0 radical (unpaired) electrons. The minimum atomic E-state index is 0.455. The van der Waals surface area contributed by atoms with Crippen molar-refractivity contribution in [1.29, 1.82) is 0 Å². The van der Waals surface area contributed by atoms with Gasteiger partial charge >= 0.3 is 0 Å². The summed E-state index contributed by atoms with van der Waals surface area (Å²) in [5.41, 5.74) is 2.27. The second-order valence-corrected chi connectivity index (χ2v) is 3.98. The molecule has 0 aromatic heterocycles. The Labute approximate surface area is 97.8 Å². The van der Waals surface area contributed by atoms with Gasteiger partial charge in [0.15, 0.2) is 11.5 Å². The third kappa shape index (κ3) is 2.81. The number of aryl methyl sites for hydroxylation is 1. The summed E-state index contributed by atoms with van der Waals surface area (Å²) >= 11 is 0. The fourth-order valence-corrected chi connectivity index (χ4v) is 1.50. The summed E-state index contributed by atoms with van der Waals surface area (Å²) in [4.78, 5) is 0. The molecule has 3 heteroatoms. The van der Waals surface area contributed by atoms with Gasteiger partial charge in [-0.15, -0.1) is 0 Å². The number of benzene rings is 1. The SMILES string of the molecule is CCC(C)Nc1cc(OC)c(OC)cc1C. The van der Waals surface area contributed by atoms with Crippen LogP contribution in [0.15, 0.2) is 12.1 Å². The molecule has 3 nitrogen and oxygen atoms in total. The number of methoxy groups -OCH3 is 2. The first kappa shape index (κ1) is 12.7. The highest BCUT2D eigenvalue weighted by Gasteiger charge is 2.09. The molecule has 0 aliphatic rings. The molecule has 0 aliphatic heterocycles. The van der Waals surface area contributed by atoms with Crippen LogP contribution in [0.25, 0.3) is 0 Å². The molecular weight excluding hydrogens is 202 g/mol. The van der Waals surface area contributed by atoms with Crippen molar-refractivity contribution in [2.75, 3.05) is 19.5 Å². The van der Waals surface area contributed by atoms with Crippen LogP contribution in [0, 0.1) is 6.92 Å². The molecule has 1 atom stereocenters. The van der Waals surface area contributed by atoms with Crippen molar-refractivity contribution in [3.8, 4) is 11.5 Å². The highest BCUT2D eigenvalue weighted by atomic mass is 16.5. The van der Waals surface area contributed by atoms with Gasteiger partial charge in [-0.25, -0.2) is 0 Å². The van der Waals surface area contributed by atoms with E-state index >= 15 is 0 Å². The first-order valence-corrected chi connectivity index (χ1v) is 5.61. The van der Waals surface area contributed by atoms with Crippen LogP contribution in [-0.2, 0) is 0 Å². The number of nitrogens with one attached hydrogen (secondary N) is 1. The van der Waals surface area contributed by atoms with Crippen LogP contribution < -0.4 is 14.8 Å². The number of hydrogen-bond acceptors (Lipinski definition) is 3. The van der Waals surface area contributed by atoms with Crippen LogP contribution in [0.5, 0.6) is 11.5 Å². The van der Waals surface area contributed by atoms with E-state index in [1.54, 1.807) is 14.2 Å². The van der Waals surface area contributed by atoms with Gasteiger partial charge in [0.2, 0.25) is 0 Å². The largest absolute Gasteiger partial charge is 0.493 e. The number of ether oxygens (including phenoxy) is 2. The summed E-state index contributed by atoms with van der Waals surface area (Å²) in [6, 6.07) is 4.43. The summed E-state index contributed by atoms with van der Waals surface area (Å²) in [5.74, 6) is 1.54. The van der Waals surface area contributed by atoms with Crippen LogP contribution >= 0.6 is 0 Å². The standard InChI is InChI=1S/C13H21NO2/c1-6-10(3)14-11-8-13(16-5)12(15-4)7-9(11)2/h7-8,10,14H,6H2,1-5H3. The quantitative estimate of drug-likeness (QED) is 0.831. The lowest BCUT2D eigenvalue weighted by Gasteiger charge is -2.17. The average Bonchev–Trinajstić information content (AvgIpc) is 2.30. The summed E-state index contributed by atoms with van der Waals surface area (Å²) in [6.45, 7) is 6.39. The third-order valence-electron chi connectivity index (χ3n) is 2.74. The molecule has 16 heavy (non-hydrogen) atoms. The van der Waals surface area contributed by atoms with Crippen molar-refractivity contribution in [3.05, 3.63) is 17.7 Å². The Bertz CT molecular complexity index is 350. The lowest BCUT2D eigenvalue weighted by Crippen LogP contribution is -2.14. The lowest BCUT2D eigenvalue weighted by atomic mass is 10.1. The Morgan fingerprint density at radius 1 is 1.19 bits per heavy atom. The van der Waals surface area contributed by atoms with Gasteiger partial charge in [-0.05, 0) is 31.9 Å². The molecule has 1 aromatic rings. The van der Waals surface area contributed by atoms with E-state index < -0.39 is 0 Å². The molecule has 0 saturated heterocycles. The van der Waals surface area contributed by atoms with Gasteiger partial charge < -0.3 is 14.8 Å². The summed E-state index contributed by atoms with van der Waals surface area (Å²) in [6.07, 6.45) is 1.09. The highest BCUT2D eigenvalue weighted by Crippen LogP contribution is 2.33. The van der Waals surface area contributed by atoms with E-state index in [0.717, 1.165) is 29.2 Å². The Morgan fingerprint density at radius 3 is 2.25 bits per heavy atom. The number of hydrogen-bond donors (Lipinski definition) is 1. The number of rotatable bonds is 5. The zero-order valence-electron chi connectivity index (χ0n) is 10.8. The van der Waals surface area contributed by atoms with Gasteiger partial charge in [-0.1, -0.05) is 6.92 Å². The molecule has 1 aromatic carbocycles. The van der Waals surface area contributed by atoms with Gasteiger partial charge in [0, 0.05) is 17.8 Å². The van der Waals surface area contributed by atoms with Crippen molar-refractivity contribution in [3.63, 3.8) is 0 Å². The molecule has 0 aliphatic carbocycles. The molecule has 0 amide bonds. The topological polar surface area (TPSA) is 30.5 Å². The van der Waals surface area contributed by atoms with Crippen LogP contribution in [0.3, 0.4) is 0 Å². The minimum absolute atomic E-state index is 0.455. The van der Waals surface area contributed by atoms with Crippen LogP contribution in [0.4, 0.5) is 5.69 Å². The zero-order valence-corrected chi connectivity index (χ0v) is 10.8. The average molecular weight is 223 g/mol. The van der Waals surface area contributed by atoms with Gasteiger partial charge in [-0.3, -0.25) is 0 Å². The maximum absolute atomic E-state index is 5.28. The Kier molecular flexibility index (Phi) is 4.47. The Balaban J connectivity index is 3.01. The van der Waals surface area contributed by atoms with E-state index in [-0.39, 0.29) is 0 Å². The van der Waals surface area contributed by atoms with Gasteiger partial charge in [0.05, 0.1) is 14.2 Å². The molecule has 0 saturated carbocycles. The van der Waals surface area contributed by atoms with E-state index in [9.17, 15) is 0 Å². The summed E-state index contributed by atoms with van der Waals surface area (Å²) < 4.78 is 10.5. The molecule has 0 heterocycles. The molecule has 0 spiro atoms. The molecule has 90 valence electrons. The second-order valence-electron chi connectivity index (χ2n) is 3.98. The first-order chi connectivity index (χ1) is 7.62. The highest BCUT2D eigenvalue weighted by molar-refractivity contribution is 5.60. The van der Waals surface area contributed by atoms with Crippen molar-refractivity contribution in [1.82, 2.24) is 0 Å². The van der Waals surface area contributed by atoms with E-state index in [1.165, 1.54) is 0 Å². The van der Waals surface area contributed by atoms with Crippen LogP contribution in [0.1, 0.15) is 25.8 Å². The van der Waals surface area contributed by atoms with E-state index in [0.29, 0.717) is 6.04 Å². The molecule has 0 bridgehead atoms. The van der Waals surface area contributed by atoms with Crippen molar-refractivity contribution in [2.24, 2.45) is 0 Å². The summed E-state index contributed by atoms with van der Waals surface area (Å²) in [5, 5.41) is 3.45. The fourth-order valence-electron chi connectivity index (χ4n) is 1.50. The minimum Gasteiger partial charge on any atom is -0.493 e. The van der Waals surface area contributed by atoms with Gasteiger partial charge in [-0.2, -0.15) is 0 Å². The van der Waals surface area contributed by atoms with Crippen molar-refractivity contribution in [2.45, 2.75) is 33.2 Å². The van der Waals surface area contributed by atoms with Gasteiger partial charge in [0.25, 0.3) is 0 Å².